The fourth-order valence-corrected chi connectivity index (χ4v) is 3.18. The molecule has 0 aliphatic carbocycles. The van der Waals surface area contributed by atoms with Crippen molar-refractivity contribution in [3.05, 3.63) is 35.4 Å². The van der Waals surface area contributed by atoms with Gasteiger partial charge in [-0.05, 0) is 30.5 Å². The molecule has 21 heavy (non-hydrogen) atoms. The minimum atomic E-state index is -4.33. The van der Waals surface area contributed by atoms with Crippen molar-refractivity contribution >= 4 is 0 Å². The molecule has 2 fully saturated rings. The lowest BCUT2D eigenvalue weighted by Gasteiger charge is -2.33. The third-order valence-electron chi connectivity index (χ3n) is 4.22. The molecular weight excluding hydrogens is 281 g/mol. The van der Waals surface area contributed by atoms with Crippen LogP contribution in [0.1, 0.15) is 30.0 Å². The van der Waals surface area contributed by atoms with Crippen molar-refractivity contribution in [2.24, 2.45) is 5.73 Å². The average Bonchev–Trinajstić information content (AvgIpc) is 2.77. The van der Waals surface area contributed by atoms with Gasteiger partial charge in [-0.15, -0.1) is 0 Å². The lowest BCUT2D eigenvalue weighted by atomic mass is 10.0. The number of likely N-dealkylation sites (tertiary alicyclic amines) is 1. The van der Waals surface area contributed by atoms with Crippen LogP contribution in [-0.2, 0) is 10.9 Å². The van der Waals surface area contributed by atoms with Crippen LogP contribution in [0.2, 0.25) is 0 Å². The molecule has 0 amide bonds. The van der Waals surface area contributed by atoms with E-state index in [4.69, 9.17) is 10.5 Å². The first kappa shape index (κ1) is 14.8. The Morgan fingerprint density at radius 1 is 1.24 bits per heavy atom. The third-order valence-corrected chi connectivity index (χ3v) is 4.22. The Bertz CT molecular complexity index is 494. The van der Waals surface area contributed by atoms with E-state index in [1.165, 1.54) is 6.07 Å². The molecule has 3 unspecified atom stereocenters. The number of ether oxygens (including phenoxy) is 1. The van der Waals surface area contributed by atoms with E-state index in [1.54, 1.807) is 6.07 Å². The summed E-state index contributed by atoms with van der Waals surface area (Å²) in [4.78, 5) is 2.21. The maximum atomic E-state index is 12.7. The molecule has 2 aliphatic heterocycles. The van der Waals surface area contributed by atoms with Crippen molar-refractivity contribution in [1.82, 2.24) is 4.90 Å². The molecule has 3 rings (SSSR count). The van der Waals surface area contributed by atoms with E-state index in [-0.39, 0.29) is 12.2 Å². The molecule has 0 aromatic heterocycles. The van der Waals surface area contributed by atoms with E-state index in [9.17, 15) is 13.2 Å². The van der Waals surface area contributed by atoms with Gasteiger partial charge < -0.3 is 10.5 Å². The quantitative estimate of drug-likeness (QED) is 0.932. The minimum absolute atomic E-state index is 0.262. The Labute approximate surface area is 121 Å². The second-order valence-electron chi connectivity index (χ2n) is 5.91. The molecule has 3 nitrogen and oxygen atoms in total. The molecule has 0 saturated carbocycles. The number of hydrogen-bond acceptors (Lipinski definition) is 3. The molecule has 1 aromatic rings. The summed E-state index contributed by atoms with van der Waals surface area (Å²) in [6.07, 6.45) is -1.66. The SMILES string of the molecule is NC(CN1CC2CCC(C1)O2)c1cccc(C(F)(F)F)c1. The number of benzene rings is 1. The molecule has 2 aliphatic rings. The van der Waals surface area contributed by atoms with Crippen LogP contribution in [0.4, 0.5) is 13.2 Å². The van der Waals surface area contributed by atoms with Gasteiger partial charge in [0.1, 0.15) is 0 Å². The Balaban J connectivity index is 1.66. The van der Waals surface area contributed by atoms with E-state index in [0.29, 0.717) is 12.1 Å². The molecule has 0 spiro atoms. The monoisotopic (exact) mass is 300 g/mol. The van der Waals surface area contributed by atoms with Crippen LogP contribution in [0.25, 0.3) is 0 Å². The van der Waals surface area contributed by atoms with Crippen LogP contribution in [0.3, 0.4) is 0 Å². The van der Waals surface area contributed by atoms with Crippen LogP contribution in [0.5, 0.6) is 0 Å². The van der Waals surface area contributed by atoms with Gasteiger partial charge >= 0.3 is 6.18 Å². The minimum Gasteiger partial charge on any atom is -0.372 e. The molecule has 116 valence electrons. The fraction of sp³-hybridized carbons (Fsp3) is 0.600. The van der Waals surface area contributed by atoms with Crippen LogP contribution in [0, 0.1) is 0 Å². The van der Waals surface area contributed by atoms with Crippen molar-refractivity contribution in [2.45, 2.75) is 37.3 Å². The molecule has 2 N–H and O–H groups in total. The van der Waals surface area contributed by atoms with Gasteiger partial charge in [0.25, 0.3) is 0 Å². The Kier molecular flexibility index (Phi) is 3.94. The number of alkyl halides is 3. The first-order chi connectivity index (χ1) is 9.91. The highest BCUT2D eigenvalue weighted by molar-refractivity contribution is 5.28. The summed E-state index contributed by atoms with van der Waals surface area (Å²) in [5.74, 6) is 0. The van der Waals surface area contributed by atoms with Crippen LogP contribution in [-0.4, -0.2) is 36.7 Å². The number of morpholine rings is 1. The van der Waals surface area contributed by atoms with E-state index in [0.717, 1.165) is 38.1 Å². The number of fused-ring (bicyclic) bond motifs is 2. The highest BCUT2D eigenvalue weighted by Crippen LogP contribution is 2.31. The van der Waals surface area contributed by atoms with Crippen molar-refractivity contribution in [2.75, 3.05) is 19.6 Å². The van der Waals surface area contributed by atoms with E-state index in [2.05, 4.69) is 4.90 Å². The van der Waals surface area contributed by atoms with Gasteiger partial charge in [0.05, 0.1) is 17.8 Å². The number of nitrogens with zero attached hydrogens (tertiary/aromatic N) is 1. The van der Waals surface area contributed by atoms with Gasteiger partial charge in [-0.2, -0.15) is 13.2 Å². The van der Waals surface area contributed by atoms with Crippen LogP contribution < -0.4 is 5.73 Å². The number of rotatable bonds is 3. The van der Waals surface area contributed by atoms with Gasteiger partial charge in [-0.25, -0.2) is 0 Å². The largest absolute Gasteiger partial charge is 0.416 e. The van der Waals surface area contributed by atoms with Gasteiger partial charge in [0.2, 0.25) is 0 Å². The zero-order valence-electron chi connectivity index (χ0n) is 11.6. The van der Waals surface area contributed by atoms with Gasteiger partial charge in [0.15, 0.2) is 0 Å². The number of halogens is 3. The predicted octanol–water partition coefficient (Wildman–Crippen LogP) is 2.57. The first-order valence-electron chi connectivity index (χ1n) is 7.22. The molecule has 2 bridgehead atoms. The maximum Gasteiger partial charge on any atom is 0.416 e. The summed E-state index contributed by atoms with van der Waals surface area (Å²) in [6.45, 7) is 2.21. The van der Waals surface area contributed by atoms with Crippen molar-refractivity contribution in [3.8, 4) is 0 Å². The second kappa shape index (κ2) is 5.59. The third kappa shape index (κ3) is 3.39. The number of nitrogens with two attached hydrogens (primary N) is 1. The lowest BCUT2D eigenvalue weighted by Crippen LogP contribution is -2.45. The summed E-state index contributed by atoms with van der Waals surface area (Å²) in [7, 11) is 0. The number of hydrogen-bond donors (Lipinski definition) is 1. The standard InChI is InChI=1S/C15H19F3N2O/c16-15(17,18)11-3-1-2-10(6-11)14(19)9-20-7-12-4-5-13(8-20)21-12/h1-3,6,12-14H,4-5,7-9,19H2. The lowest BCUT2D eigenvalue weighted by molar-refractivity contribution is -0.137. The van der Waals surface area contributed by atoms with E-state index < -0.39 is 17.8 Å². The maximum absolute atomic E-state index is 12.7. The summed E-state index contributed by atoms with van der Waals surface area (Å²) >= 11 is 0. The molecule has 0 radical (unpaired) electrons. The Hall–Kier alpha value is -1.11. The summed E-state index contributed by atoms with van der Waals surface area (Å²) in [5, 5.41) is 0. The first-order valence-corrected chi connectivity index (χ1v) is 7.22. The summed E-state index contributed by atoms with van der Waals surface area (Å²) < 4.78 is 43.9. The topological polar surface area (TPSA) is 38.5 Å². The summed E-state index contributed by atoms with van der Waals surface area (Å²) in [6, 6.07) is 4.89. The normalized spacial score (nSPS) is 27.8. The summed E-state index contributed by atoms with van der Waals surface area (Å²) in [5.41, 5.74) is 5.99. The zero-order chi connectivity index (χ0) is 15.0. The van der Waals surface area contributed by atoms with Gasteiger partial charge in [-0.1, -0.05) is 12.1 Å². The predicted molar refractivity (Wildman–Crippen MR) is 72.7 cm³/mol. The molecule has 6 heteroatoms. The molecule has 3 atom stereocenters. The Morgan fingerprint density at radius 3 is 2.52 bits per heavy atom. The van der Waals surface area contributed by atoms with Crippen molar-refractivity contribution in [1.29, 1.82) is 0 Å². The fourth-order valence-electron chi connectivity index (χ4n) is 3.18. The molecule has 1 aromatic carbocycles. The van der Waals surface area contributed by atoms with Crippen molar-refractivity contribution < 1.29 is 17.9 Å². The molecular formula is C15H19F3N2O. The van der Waals surface area contributed by atoms with Gasteiger partial charge in [0, 0.05) is 25.7 Å². The molecule has 2 saturated heterocycles. The molecule has 2 heterocycles. The Morgan fingerprint density at radius 2 is 1.90 bits per heavy atom. The van der Waals surface area contributed by atoms with E-state index in [1.807, 2.05) is 0 Å². The van der Waals surface area contributed by atoms with Gasteiger partial charge in [-0.3, -0.25) is 4.90 Å². The van der Waals surface area contributed by atoms with Crippen molar-refractivity contribution in [3.63, 3.8) is 0 Å². The van der Waals surface area contributed by atoms with Crippen LogP contribution in [0.15, 0.2) is 24.3 Å². The second-order valence-corrected chi connectivity index (χ2v) is 5.91. The van der Waals surface area contributed by atoms with Crippen LogP contribution >= 0.6 is 0 Å². The highest BCUT2D eigenvalue weighted by Gasteiger charge is 2.34. The smallest absolute Gasteiger partial charge is 0.372 e. The average molecular weight is 300 g/mol. The van der Waals surface area contributed by atoms with E-state index >= 15 is 0 Å². The zero-order valence-corrected chi connectivity index (χ0v) is 11.6. The highest BCUT2D eigenvalue weighted by atomic mass is 19.4.